The summed E-state index contributed by atoms with van der Waals surface area (Å²) >= 11 is 0. The van der Waals surface area contributed by atoms with E-state index in [2.05, 4.69) is 5.32 Å². The van der Waals surface area contributed by atoms with Gasteiger partial charge in [-0.25, -0.2) is 0 Å². The Balaban J connectivity index is 2.07. The van der Waals surface area contributed by atoms with E-state index in [4.69, 9.17) is 15.2 Å². The fourth-order valence-electron chi connectivity index (χ4n) is 2.09. The van der Waals surface area contributed by atoms with Gasteiger partial charge in [0.15, 0.2) is 6.10 Å². The highest BCUT2D eigenvalue weighted by atomic mass is 16.5. The Bertz CT molecular complexity index is 498. The van der Waals surface area contributed by atoms with Gasteiger partial charge in [0.25, 0.3) is 5.91 Å². The molecule has 1 aromatic rings. The van der Waals surface area contributed by atoms with E-state index in [0.717, 1.165) is 24.2 Å². The van der Waals surface area contributed by atoms with Crippen molar-refractivity contribution in [3.8, 4) is 11.5 Å². The summed E-state index contributed by atoms with van der Waals surface area (Å²) in [4.78, 5) is 12.0. The standard InChI is InChI=1S/C16H24N2O3/c1-10(17)8-12-9-14(20-3)6-7-15(12)21-11(2)16(19)18-13-4-5-13/h6-7,9-11,13H,4-5,8,17H2,1-3H3,(H,18,19). The molecule has 1 saturated carbocycles. The molecular weight excluding hydrogens is 268 g/mol. The van der Waals surface area contributed by atoms with Crippen molar-refractivity contribution in [3.05, 3.63) is 23.8 Å². The normalized spacial score (nSPS) is 17.0. The van der Waals surface area contributed by atoms with E-state index in [1.807, 2.05) is 25.1 Å². The van der Waals surface area contributed by atoms with E-state index in [9.17, 15) is 4.79 Å². The highest BCUT2D eigenvalue weighted by Crippen LogP contribution is 2.26. The van der Waals surface area contributed by atoms with Crippen LogP contribution in [0.4, 0.5) is 0 Å². The van der Waals surface area contributed by atoms with Crippen LogP contribution in [0.5, 0.6) is 11.5 Å². The number of nitrogens with two attached hydrogens (primary N) is 1. The largest absolute Gasteiger partial charge is 0.497 e. The molecule has 2 atom stereocenters. The molecule has 116 valence electrons. The number of hydrogen-bond acceptors (Lipinski definition) is 4. The van der Waals surface area contributed by atoms with Crippen molar-refractivity contribution in [3.63, 3.8) is 0 Å². The minimum atomic E-state index is -0.522. The molecule has 21 heavy (non-hydrogen) atoms. The van der Waals surface area contributed by atoms with E-state index in [1.54, 1.807) is 14.0 Å². The molecule has 1 amide bonds. The van der Waals surface area contributed by atoms with Gasteiger partial charge < -0.3 is 20.5 Å². The van der Waals surface area contributed by atoms with E-state index in [0.29, 0.717) is 18.2 Å². The first kappa shape index (κ1) is 15.6. The molecule has 5 heteroatoms. The monoisotopic (exact) mass is 292 g/mol. The Kier molecular flexibility index (Phi) is 5.07. The van der Waals surface area contributed by atoms with Gasteiger partial charge in [-0.3, -0.25) is 4.79 Å². The Morgan fingerprint density at radius 2 is 2.14 bits per heavy atom. The number of amides is 1. The summed E-state index contributed by atoms with van der Waals surface area (Å²) in [7, 11) is 1.62. The minimum Gasteiger partial charge on any atom is -0.497 e. The lowest BCUT2D eigenvalue weighted by Gasteiger charge is -2.18. The molecule has 0 aromatic heterocycles. The second-order valence-electron chi connectivity index (χ2n) is 5.70. The molecule has 0 saturated heterocycles. The van der Waals surface area contributed by atoms with Gasteiger partial charge in [-0.15, -0.1) is 0 Å². The molecule has 0 heterocycles. The second kappa shape index (κ2) is 6.80. The van der Waals surface area contributed by atoms with Gasteiger partial charge in [0.05, 0.1) is 7.11 Å². The van der Waals surface area contributed by atoms with Crippen molar-refractivity contribution in [1.82, 2.24) is 5.32 Å². The SMILES string of the molecule is COc1ccc(OC(C)C(=O)NC2CC2)c(CC(C)N)c1. The van der Waals surface area contributed by atoms with E-state index in [-0.39, 0.29) is 11.9 Å². The average molecular weight is 292 g/mol. The van der Waals surface area contributed by atoms with Gasteiger partial charge >= 0.3 is 0 Å². The van der Waals surface area contributed by atoms with Crippen LogP contribution in [-0.4, -0.2) is 31.2 Å². The number of hydrogen-bond donors (Lipinski definition) is 2. The maximum Gasteiger partial charge on any atom is 0.260 e. The zero-order valence-corrected chi connectivity index (χ0v) is 12.9. The van der Waals surface area contributed by atoms with Crippen molar-refractivity contribution in [2.24, 2.45) is 5.73 Å². The van der Waals surface area contributed by atoms with Gasteiger partial charge in [-0.1, -0.05) is 0 Å². The lowest BCUT2D eigenvalue weighted by atomic mass is 10.1. The van der Waals surface area contributed by atoms with E-state index >= 15 is 0 Å². The van der Waals surface area contributed by atoms with Gasteiger partial charge in [0.2, 0.25) is 0 Å². The summed E-state index contributed by atoms with van der Waals surface area (Å²) in [6.07, 6.45) is 2.28. The quantitative estimate of drug-likeness (QED) is 0.801. The van der Waals surface area contributed by atoms with Crippen molar-refractivity contribution < 1.29 is 14.3 Å². The third-order valence-corrected chi connectivity index (χ3v) is 3.41. The lowest BCUT2D eigenvalue weighted by Crippen LogP contribution is -2.37. The molecule has 1 aliphatic carbocycles. The first-order chi connectivity index (χ1) is 9.99. The summed E-state index contributed by atoms with van der Waals surface area (Å²) in [5, 5.41) is 2.94. The second-order valence-corrected chi connectivity index (χ2v) is 5.70. The maximum absolute atomic E-state index is 12.0. The highest BCUT2D eigenvalue weighted by Gasteiger charge is 2.26. The predicted octanol–water partition coefficient (Wildman–Crippen LogP) is 1.63. The first-order valence-electron chi connectivity index (χ1n) is 7.39. The summed E-state index contributed by atoms with van der Waals surface area (Å²) in [6, 6.07) is 5.91. The first-order valence-corrected chi connectivity index (χ1v) is 7.39. The molecule has 0 bridgehead atoms. The molecule has 5 nitrogen and oxygen atoms in total. The molecule has 1 aromatic carbocycles. The molecule has 0 aliphatic heterocycles. The Hall–Kier alpha value is -1.75. The van der Waals surface area contributed by atoms with Crippen LogP contribution in [0.2, 0.25) is 0 Å². The van der Waals surface area contributed by atoms with Crippen LogP contribution in [-0.2, 0) is 11.2 Å². The number of benzene rings is 1. The predicted molar refractivity (Wildman–Crippen MR) is 81.6 cm³/mol. The number of ether oxygens (including phenoxy) is 2. The molecule has 2 rings (SSSR count). The van der Waals surface area contributed by atoms with Crippen LogP contribution in [0, 0.1) is 0 Å². The average Bonchev–Trinajstić information content (AvgIpc) is 3.23. The topological polar surface area (TPSA) is 73.6 Å². The summed E-state index contributed by atoms with van der Waals surface area (Å²) < 4.78 is 11.0. The molecule has 3 N–H and O–H groups in total. The molecule has 2 unspecified atom stereocenters. The molecule has 0 radical (unpaired) electrons. The maximum atomic E-state index is 12.0. The molecule has 0 spiro atoms. The zero-order chi connectivity index (χ0) is 15.4. The summed E-state index contributed by atoms with van der Waals surface area (Å²) in [5.41, 5.74) is 6.83. The number of methoxy groups -OCH3 is 1. The van der Waals surface area contributed by atoms with Crippen LogP contribution in [0.25, 0.3) is 0 Å². The van der Waals surface area contributed by atoms with E-state index in [1.165, 1.54) is 0 Å². The number of nitrogens with one attached hydrogen (secondary N) is 1. The van der Waals surface area contributed by atoms with Crippen molar-refractivity contribution >= 4 is 5.91 Å². The van der Waals surface area contributed by atoms with Crippen LogP contribution < -0.4 is 20.5 Å². The minimum absolute atomic E-state index is 0.00931. The van der Waals surface area contributed by atoms with Crippen molar-refractivity contribution in [2.45, 2.75) is 51.3 Å². The number of rotatable bonds is 7. The Morgan fingerprint density at radius 1 is 1.43 bits per heavy atom. The number of carbonyl (C=O) groups excluding carboxylic acids is 1. The van der Waals surface area contributed by atoms with Crippen LogP contribution in [0.1, 0.15) is 32.3 Å². The van der Waals surface area contributed by atoms with Crippen LogP contribution in [0.15, 0.2) is 18.2 Å². The fourth-order valence-corrected chi connectivity index (χ4v) is 2.09. The third-order valence-electron chi connectivity index (χ3n) is 3.41. The van der Waals surface area contributed by atoms with Crippen molar-refractivity contribution in [2.75, 3.05) is 7.11 Å². The molecular formula is C16H24N2O3. The van der Waals surface area contributed by atoms with Gasteiger partial charge in [-0.2, -0.15) is 0 Å². The zero-order valence-electron chi connectivity index (χ0n) is 12.9. The summed E-state index contributed by atoms with van der Waals surface area (Å²) in [5.74, 6) is 1.37. The molecule has 1 aliphatic rings. The summed E-state index contributed by atoms with van der Waals surface area (Å²) in [6.45, 7) is 3.70. The van der Waals surface area contributed by atoms with Crippen LogP contribution >= 0.6 is 0 Å². The third kappa shape index (κ3) is 4.63. The van der Waals surface area contributed by atoms with Crippen LogP contribution in [0.3, 0.4) is 0 Å². The van der Waals surface area contributed by atoms with Gasteiger partial charge in [-0.05, 0) is 56.9 Å². The molecule has 1 fully saturated rings. The Morgan fingerprint density at radius 3 is 2.71 bits per heavy atom. The Labute approximate surface area is 125 Å². The van der Waals surface area contributed by atoms with Gasteiger partial charge in [0.1, 0.15) is 11.5 Å². The van der Waals surface area contributed by atoms with Gasteiger partial charge in [0, 0.05) is 12.1 Å². The highest BCUT2D eigenvalue weighted by molar-refractivity contribution is 5.81. The van der Waals surface area contributed by atoms with Crippen molar-refractivity contribution in [1.29, 1.82) is 0 Å². The lowest BCUT2D eigenvalue weighted by molar-refractivity contribution is -0.127. The number of carbonyl (C=O) groups is 1. The fraction of sp³-hybridized carbons (Fsp3) is 0.562. The van der Waals surface area contributed by atoms with E-state index < -0.39 is 6.10 Å². The smallest absolute Gasteiger partial charge is 0.260 e.